The lowest BCUT2D eigenvalue weighted by Gasteiger charge is -2.21. The Morgan fingerprint density at radius 1 is 1.38 bits per heavy atom. The van der Waals surface area contributed by atoms with Crippen molar-refractivity contribution in [2.45, 2.75) is 32.4 Å². The number of benzene rings is 1. The molecule has 0 spiro atoms. The first kappa shape index (κ1) is 21.2. The maximum atomic E-state index is 6.25. The number of aromatic nitrogens is 1. The van der Waals surface area contributed by atoms with Crippen LogP contribution < -0.4 is 11.1 Å². The maximum absolute atomic E-state index is 6.25. The molecule has 0 radical (unpaired) electrons. The number of hydrogen-bond donors (Lipinski definition) is 2. The number of nitrogens with two attached hydrogens (primary N) is 1. The molecule has 1 aliphatic rings. The van der Waals surface area contributed by atoms with E-state index in [0.29, 0.717) is 18.9 Å². The van der Waals surface area contributed by atoms with Gasteiger partial charge in [0.25, 0.3) is 0 Å². The maximum Gasteiger partial charge on any atom is 0.135 e. The topological polar surface area (TPSA) is 72.5 Å². The second-order valence-electron chi connectivity index (χ2n) is 6.85. The van der Waals surface area contributed by atoms with E-state index in [1.165, 1.54) is 10.8 Å². The fourth-order valence-corrected chi connectivity index (χ4v) is 3.58. The Morgan fingerprint density at radius 2 is 2.17 bits per heavy atom. The van der Waals surface area contributed by atoms with Gasteiger partial charge in [-0.1, -0.05) is 30.8 Å². The van der Waals surface area contributed by atoms with Gasteiger partial charge in [-0.25, -0.2) is 0 Å². The van der Waals surface area contributed by atoms with Crippen molar-refractivity contribution in [3.63, 3.8) is 0 Å². The second-order valence-corrected chi connectivity index (χ2v) is 7.43. The summed E-state index contributed by atoms with van der Waals surface area (Å²) in [5, 5.41) is 5.59. The zero-order valence-electron chi connectivity index (χ0n) is 16.9. The number of hydrogen-bond acceptors (Lipinski definition) is 5. The van der Waals surface area contributed by atoms with E-state index in [4.69, 9.17) is 15.5 Å². The number of dihydropyridines is 1. The molecular formula is C23H29N4OP. The van der Waals surface area contributed by atoms with E-state index in [0.717, 1.165) is 41.5 Å². The molecule has 0 amide bonds. The summed E-state index contributed by atoms with van der Waals surface area (Å²) in [6, 6.07) is 8.16. The van der Waals surface area contributed by atoms with Gasteiger partial charge in [-0.2, -0.15) is 0 Å². The predicted molar refractivity (Wildman–Crippen MR) is 125 cm³/mol. The van der Waals surface area contributed by atoms with E-state index in [-0.39, 0.29) is 6.04 Å². The van der Waals surface area contributed by atoms with E-state index < -0.39 is 0 Å². The third kappa shape index (κ3) is 5.11. The number of fused-ring (bicyclic) bond motifs is 1. The Labute approximate surface area is 175 Å². The first-order valence-electron chi connectivity index (χ1n) is 9.96. The van der Waals surface area contributed by atoms with Gasteiger partial charge in [-0.05, 0) is 49.2 Å². The molecule has 152 valence electrons. The number of nitrogens with zero attached hydrogens (tertiary/aromatic N) is 2. The summed E-state index contributed by atoms with van der Waals surface area (Å²) >= 11 is 0. The lowest BCUT2D eigenvalue weighted by atomic mass is 10.0. The summed E-state index contributed by atoms with van der Waals surface area (Å²) in [7, 11) is 2.78. The van der Waals surface area contributed by atoms with E-state index >= 15 is 0 Å². The van der Waals surface area contributed by atoms with E-state index in [1.54, 1.807) is 0 Å². The van der Waals surface area contributed by atoms with E-state index in [2.05, 4.69) is 50.4 Å². The smallest absolute Gasteiger partial charge is 0.135 e. The number of aryl methyl sites for hydroxylation is 1. The minimum Gasteiger partial charge on any atom is -0.492 e. The van der Waals surface area contributed by atoms with Gasteiger partial charge < -0.3 is 15.8 Å². The standard InChI is InChI=1S/C23H29N4OP/c1-3-28-16(2)23-20(21(24)10-11-26-23)15-25-13-17-14-27-22(9-6-12-29)19-8-5-4-7-18(17)19/h4-5,7-8,10-11,14-15,21,26H,2-3,6,9,12-13,24,29H2,1H3. The lowest BCUT2D eigenvalue weighted by molar-refractivity contribution is 0.236. The molecule has 1 aliphatic heterocycles. The molecule has 2 unspecified atom stereocenters. The molecule has 0 saturated carbocycles. The predicted octanol–water partition coefficient (Wildman–Crippen LogP) is 3.86. The fourth-order valence-electron chi connectivity index (χ4n) is 3.37. The summed E-state index contributed by atoms with van der Waals surface area (Å²) in [5.74, 6) is 0.569. The van der Waals surface area contributed by atoms with Crippen LogP contribution in [0.2, 0.25) is 0 Å². The minimum atomic E-state index is -0.253. The molecule has 5 nitrogen and oxygen atoms in total. The molecule has 1 aromatic carbocycles. The zero-order valence-corrected chi connectivity index (χ0v) is 18.1. The normalized spacial score (nSPS) is 16.4. The third-order valence-corrected chi connectivity index (χ3v) is 5.25. The Hall–Kier alpha value is -2.49. The Kier molecular flexibility index (Phi) is 7.56. The SMILES string of the molecule is C=C(OCC)C1=C(C=NCc2cnc(CCCP)c3ccccc23)C(N)C=CN1. The van der Waals surface area contributed by atoms with Gasteiger partial charge in [0.2, 0.25) is 0 Å². The molecule has 2 aromatic rings. The van der Waals surface area contributed by atoms with Gasteiger partial charge in [-0.15, -0.1) is 9.24 Å². The van der Waals surface area contributed by atoms with Crippen LogP contribution in [0.15, 0.2) is 71.3 Å². The summed E-state index contributed by atoms with van der Waals surface area (Å²) < 4.78 is 5.55. The Morgan fingerprint density at radius 3 is 2.93 bits per heavy atom. The molecule has 2 heterocycles. The first-order chi connectivity index (χ1) is 14.2. The molecule has 0 fully saturated rings. The van der Waals surface area contributed by atoms with Crippen molar-refractivity contribution in [3.8, 4) is 0 Å². The van der Waals surface area contributed by atoms with Gasteiger partial charge in [0.15, 0.2) is 0 Å². The summed E-state index contributed by atoms with van der Waals surface area (Å²) in [6.07, 6.45) is 10.6. The lowest BCUT2D eigenvalue weighted by Crippen LogP contribution is -2.30. The number of pyridine rings is 1. The highest BCUT2D eigenvalue weighted by atomic mass is 31.0. The van der Waals surface area contributed by atoms with Crippen molar-refractivity contribution in [3.05, 3.63) is 77.6 Å². The summed E-state index contributed by atoms with van der Waals surface area (Å²) in [5.41, 5.74) is 10.1. The Bertz CT molecular complexity index is 965. The van der Waals surface area contributed by atoms with Crippen molar-refractivity contribution in [2.24, 2.45) is 10.7 Å². The van der Waals surface area contributed by atoms with Crippen molar-refractivity contribution >= 4 is 26.2 Å². The quantitative estimate of drug-likeness (QED) is 0.375. The summed E-state index contributed by atoms with van der Waals surface area (Å²) in [6.45, 7) is 7.00. The van der Waals surface area contributed by atoms with Crippen molar-refractivity contribution in [2.75, 3.05) is 12.8 Å². The number of ether oxygens (including phenoxy) is 1. The second kappa shape index (κ2) is 10.3. The van der Waals surface area contributed by atoms with Crippen LogP contribution in [0.5, 0.6) is 0 Å². The molecule has 1 aromatic heterocycles. The van der Waals surface area contributed by atoms with E-state index in [9.17, 15) is 0 Å². The number of rotatable bonds is 9. The number of aliphatic imine (C=N–C) groups is 1. The van der Waals surface area contributed by atoms with Crippen molar-refractivity contribution < 1.29 is 4.74 Å². The van der Waals surface area contributed by atoms with Gasteiger partial charge in [0.1, 0.15) is 5.76 Å². The van der Waals surface area contributed by atoms with Crippen LogP contribution in [0, 0.1) is 0 Å². The van der Waals surface area contributed by atoms with Crippen LogP contribution >= 0.6 is 9.24 Å². The van der Waals surface area contributed by atoms with Crippen LogP contribution in [0.1, 0.15) is 24.6 Å². The monoisotopic (exact) mass is 408 g/mol. The van der Waals surface area contributed by atoms with Crippen LogP contribution in [0.4, 0.5) is 0 Å². The first-order valence-corrected chi connectivity index (χ1v) is 10.8. The van der Waals surface area contributed by atoms with Gasteiger partial charge in [0, 0.05) is 29.1 Å². The average molecular weight is 408 g/mol. The van der Waals surface area contributed by atoms with Crippen molar-refractivity contribution in [1.29, 1.82) is 0 Å². The highest BCUT2D eigenvalue weighted by molar-refractivity contribution is 7.16. The molecule has 0 aliphatic carbocycles. The molecule has 0 bridgehead atoms. The van der Waals surface area contributed by atoms with E-state index in [1.807, 2.05) is 31.6 Å². The van der Waals surface area contributed by atoms with Crippen LogP contribution in [-0.2, 0) is 17.7 Å². The Balaban J connectivity index is 1.86. The molecule has 6 heteroatoms. The summed E-state index contributed by atoms with van der Waals surface area (Å²) in [4.78, 5) is 9.39. The fraction of sp³-hybridized carbons (Fsp3) is 0.304. The highest BCUT2D eigenvalue weighted by Crippen LogP contribution is 2.23. The van der Waals surface area contributed by atoms with Crippen LogP contribution in [-0.4, -0.2) is 30.0 Å². The molecule has 2 atom stereocenters. The molecular weight excluding hydrogens is 379 g/mol. The molecule has 0 saturated heterocycles. The molecule has 3 rings (SSSR count). The minimum absolute atomic E-state index is 0.253. The van der Waals surface area contributed by atoms with Gasteiger partial charge >= 0.3 is 0 Å². The zero-order chi connectivity index (χ0) is 20.6. The molecule has 3 N–H and O–H groups in total. The van der Waals surface area contributed by atoms with Gasteiger partial charge in [-0.3, -0.25) is 9.98 Å². The highest BCUT2D eigenvalue weighted by Gasteiger charge is 2.17. The third-order valence-electron chi connectivity index (χ3n) is 4.85. The molecule has 29 heavy (non-hydrogen) atoms. The van der Waals surface area contributed by atoms with Crippen molar-refractivity contribution in [1.82, 2.24) is 10.3 Å². The van der Waals surface area contributed by atoms with Crippen LogP contribution in [0.3, 0.4) is 0 Å². The number of nitrogens with one attached hydrogen (secondary N) is 1. The van der Waals surface area contributed by atoms with Gasteiger partial charge in [0.05, 0.1) is 24.9 Å². The largest absolute Gasteiger partial charge is 0.492 e. The average Bonchev–Trinajstić information content (AvgIpc) is 2.74. The van der Waals surface area contributed by atoms with Crippen LogP contribution in [0.25, 0.3) is 10.8 Å².